The lowest BCUT2D eigenvalue weighted by Crippen LogP contribution is -2.40. The molecule has 0 amide bonds. The summed E-state index contributed by atoms with van der Waals surface area (Å²) < 4.78 is 14.2. The molecule has 1 N–H and O–H groups in total. The molecule has 1 aromatic carbocycles. The molecule has 1 aliphatic rings. The number of nitro groups is 1. The van der Waals surface area contributed by atoms with Gasteiger partial charge in [0, 0.05) is 24.2 Å². The van der Waals surface area contributed by atoms with Gasteiger partial charge >= 0.3 is 5.69 Å². The zero-order valence-corrected chi connectivity index (χ0v) is 12.3. The van der Waals surface area contributed by atoms with Crippen molar-refractivity contribution < 1.29 is 9.31 Å². The molecule has 116 valence electrons. The summed E-state index contributed by atoms with van der Waals surface area (Å²) in [6.07, 6.45) is 4.43. The van der Waals surface area contributed by atoms with E-state index in [0.717, 1.165) is 32.4 Å². The Kier molecular flexibility index (Phi) is 5.64. The minimum atomic E-state index is -0.694. The van der Waals surface area contributed by atoms with E-state index in [4.69, 9.17) is 0 Å². The number of benzene rings is 1. The van der Waals surface area contributed by atoms with Gasteiger partial charge in [0.15, 0.2) is 0 Å². The van der Waals surface area contributed by atoms with E-state index in [0.29, 0.717) is 18.2 Å². The summed E-state index contributed by atoms with van der Waals surface area (Å²) in [6, 6.07) is 4.84. The van der Waals surface area contributed by atoms with Gasteiger partial charge in [-0.1, -0.05) is 18.6 Å². The van der Waals surface area contributed by atoms with E-state index in [1.54, 1.807) is 12.1 Å². The molecule has 1 aliphatic heterocycles. The van der Waals surface area contributed by atoms with Crippen molar-refractivity contribution in [1.29, 1.82) is 0 Å². The number of halogens is 1. The second-order valence-corrected chi connectivity index (χ2v) is 5.52. The summed E-state index contributed by atoms with van der Waals surface area (Å²) in [5.74, 6) is -0.694. The van der Waals surface area contributed by atoms with Crippen LogP contribution in [0.4, 0.5) is 10.1 Å². The van der Waals surface area contributed by atoms with Crippen LogP contribution in [-0.4, -0.2) is 36.0 Å². The third-order valence-electron chi connectivity index (χ3n) is 4.11. The number of hydrogen-bond donors (Lipinski definition) is 1. The van der Waals surface area contributed by atoms with Gasteiger partial charge in [-0.2, -0.15) is 4.39 Å². The first kappa shape index (κ1) is 15.9. The number of rotatable bonds is 6. The minimum absolute atomic E-state index is 0.417. The molecule has 0 aromatic heterocycles. The quantitative estimate of drug-likeness (QED) is 0.647. The van der Waals surface area contributed by atoms with Crippen LogP contribution in [0.15, 0.2) is 18.2 Å². The fourth-order valence-electron chi connectivity index (χ4n) is 2.95. The number of likely N-dealkylation sites (tertiary alicyclic amines) is 1. The van der Waals surface area contributed by atoms with Gasteiger partial charge in [-0.25, -0.2) is 0 Å². The zero-order chi connectivity index (χ0) is 15.2. The smallest absolute Gasteiger partial charge is 0.305 e. The van der Waals surface area contributed by atoms with Crippen LogP contribution in [0.25, 0.3) is 0 Å². The summed E-state index contributed by atoms with van der Waals surface area (Å²) >= 11 is 0. The highest BCUT2D eigenvalue weighted by atomic mass is 19.1. The van der Waals surface area contributed by atoms with E-state index in [-0.39, 0.29) is 0 Å². The Bertz CT molecular complexity index is 496. The predicted molar refractivity (Wildman–Crippen MR) is 79.6 cm³/mol. The average molecular weight is 295 g/mol. The van der Waals surface area contributed by atoms with Crippen molar-refractivity contribution in [2.75, 3.05) is 20.1 Å². The second kappa shape index (κ2) is 7.47. The Balaban J connectivity index is 2.11. The molecule has 5 nitrogen and oxygen atoms in total. The highest BCUT2D eigenvalue weighted by molar-refractivity contribution is 5.36. The molecule has 1 atom stereocenters. The first-order valence-corrected chi connectivity index (χ1v) is 7.44. The molecule has 0 bridgehead atoms. The molecular weight excluding hydrogens is 273 g/mol. The fourth-order valence-corrected chi connectivity index (χ4v) is 2.95. The molecule has 0 radical (unpaired) electrons. The standard InChI is InChI=1S/C15H22FN3O2/c1-17-9-8-13-6-2-3-10-18(13)11-12-5-4-7-14(15(12)16)19(20)21/h4-5,7,13,17H,2-3,6,8-11H2,1H3. The fraction of sp³-hybridized carbons (Fsp3) is 0.600. The molecule has 1 fully saturated rings. The summed E-state index contributed by atoms with van der Waals surface area (Å²) in [4.78, 5) is 12.4. The Morgan fingerprint density at radius 1 is 1.48 bits per heavy atom. The van der Waals surface area contributed by atoms with Gasteiger partial charge in [0.1, 0.15) is 0 Å². The molecule has 2 rings (SSSR count). The Morgan fingerprint density at radius 2 is 2.29 bits per heavy atom. The topological polar surface area (TPSA) is 58.4 Å². The van der Waals surface area contributed by atoms with E-state index >= 15 is 0 Å². The van der Waals surface area contributed by atoms with Crippen molar-refractivity contribution >= 4 is 5.69 Å². The molecule has 1 aromatic rings. The summed E-state index contributed by atoms with van der Waals surface area (Å²) in [5.41, 5.74) is -0.0168. The zero-order valence-electron chi connectivity index (χ0n) is 12.3. The first-order chi connectivity index (χ1) is 10.1. The van der Waals surface area contributed by atoms with E-state index in [1.165, 1.54) is 12.5 Å². The molecule has 0 spiro atoms. The number of nitrogens with zero attached hydrogens (tertiary/aromatic N) is 2. The minimum Gasteiger partial charge on any atom is -0.320 e. The normalized spacial score (nSPS) is 19.6. The van der Waals surface area contributed by atoms with Crippen molar-refractivity contribution in [3.63, 3.8) is 0 Å². The molecule has 0 aliphatic carbocycles. The van der Waals surface area contributed by atoms with Crippen LogP contribution in [0.3, 0.4) is 0 Å². The monoisotopic (exact) mass is 295 g/mol. The van der Waals surface area contributed by atoms with E-state index in [2.05, 4.69) is 10.2 Å². The van der Waals surface area contributed by atoms with Crippen molar-refractivity contribution in [2.24, 2.45) is 0 Å². The number of hydrogen-bond acceptors (Lipinski definition) is 4. The lowest BCUT2D eigenvalue weighted by atomic mass is 9.98. The number of piperidine rings is 1. The van der Waals surface area contributed by atoms with Crippen LogP contribution in [0.5, 0.6) is 0 Å². The third-order valence-corrected chi connectivity index (χ3v) is 4.11. The summed E-state index contributed by atoms with van der Waals surface area (Å²) in [6.45, 7) is 2.30. The second-order valence-electron chi connectivity index (χ2n) is 5.52. The van der Waals surface area contributed by atoms with Crippen LogP contribution < -0.4 is 5.32 Å². The SMILES string of the molecule is CNCCC1CCCCN1Cc1cccc([N+](=O)[O-])c1F. The highest BCUT2D eigenvalue weighted by Crippen LogP contribution is 2.25. The molecule has 1 heterocycles. The Morgan fingerprint density at radius 3 is 3.00 bits per heavy atom. The maximum atomic E-state index is 14.2. The van der Waals surface area contributed by atoms with E-state index in [9.17, 15) is 14.5 Å². The van der Waals surface area contributed by atoms with Crippen LogP contribution in [0.1, 0.15) is 31.2 Å². The molecule has 1 saturated heterocycles. The average Bonchev–Trinajstić information content (AvgIpc) is 2.48. The van der Waals surface area contributed by atoms with Gasteiger partial charge in [-0.15, -0.1) is 0 Å². The largest absolute Gasteiger partial charge is 0.320 e. The van der Waals surface area contributed by atoms with Gasteiger partial charge in [0.05, 0.1) is 4.92 Å². The number of nitro benzene ring substituents is 1. The molecule has 1 unspecified atom stereocenters. The van der Waals surface area contributed by atoms with Crippen LogP contribution in [0.2, 0.25) is 0 Å². The van der Waals surface area contributed by atoms with Crippen molar-refractivity contribution in [1.82, 2.24) is 10.2 Å². The van der Waals surface area contributed by atoms with Crippen molar-refractivity contribution in [3.05, 3.63) is 39.7 Å². The lowest BCUT2D eigenvalue weighted by Gasteiger charge is -2.35. The van der Waals surface area contributed by atoms with Gasteiger partial charge in [0.25, 0.3) is 0 Å². The first-order valence-electron chi connectivity index (χ1n) is 7.44. The third kappa shape index (κ3) is 3.98. The Hall–Kier alpha value is -1.53. The van der Waals surface area contributed by atoms with Gasteiger partial charge in [-0.05, 0) is 39.4 Å². The van der Waals surface area contributed by atoms with Gasteiger partial charge in [0.2, 0.25) is 5.82 Å². The van der Waals surface area contributed by atoms with Crippen LogP contribution in [0, 0.1) is 15.9 Å². The molecule has 6 heteroatoms. The molecular formula is C15H22FN3O2. The lowest BCUT2D eigenvalue weighted by molar-refractivity contribution is -0.387. The molecule has 21 heavy (non-hydrogen) atoms. The Labute approximate surface area is 124 Å². The van der Waals surface area contributed by atoms with Gasteiger partial charge in [-0.3, -0.25) is 15.0 Å². The van der Waals surface area contributed by atoms with Crippen molar-refractivity contribution in [2.45, 2.75) is 38.3 Å². The summed E-state index contributed by atoms with van der Waals surface area (Å²) in [5, 5.41) is 14.0. The highest BCUT2D eigenvalue weighted by Gasteiger charge is 2.25. The van der Waals surface area contributed by atoms with Crippen LogP contribution in [-0.2, 0) is 6.54 Å². The van der Waals surface area contributed by atoms with Crippen molar-refractivity contribution in [3.8, 4) is 0 Å². The van der Waals surface area contributed by atoms with E-state index < -0.39 is 16.4 Å². The predicted octanol–water partition coefficient (Wildman–Crippen LogP) is 2.70. The van der Waals surface area contributed by atoms with E-state index in [1.807, 2.05) is 7.05 Å². The molecule has 0 saturated carbocycles. The number of nitrogens with one attached hydrogen (secondary N) is 1. The maximum absolute atomic E-state index is 14.2. The van der Waals surface area contributed by atoms with Crippen LogP contribution >= 0.6 is 0 Å². The maximum Gasteiger partial charge on any atom is 0.305 e. The van der Waals surface area contributed by atoms with Gasteiger partial charge < -0.3 is 5.32 Å². The summed E-state index contributed by atoms with van der Waals surface area (Å²) in [7, 11) is 1.92.